The monoisotopic (exact) mass is 700 g/mol. The number of hydrogen-bond donors (Lipinski definition) is 1. The molecule has 9 nitrogen and oxygen atoms in total. The van der Waals surface area contributed by atoms with Crippen LogP contribution in [-0.4, -0.2) is 78.8 Å². The number of halogens is 4. The van der Waals surface area contributed by atoms with E-state index >= 15 is 0 Å². The van der Waals surface area contributed by atoms with Crippen molar-refractivity contribution in [1.29, 1.82) is 0 Å². The molecular weight excluding hydrogens is 665 g/mol. The largest absolute Gasteiger partial charge is 0.418 e. The number of anilines is 2. The molecule has 254 valence electrons. The number of nitrogens with zero attached hydrogens (tertiary/aromatic N) is 5. The van der Waals surface area contributed by atoms with Crippen LogP contribution >= 0.6 is 11.6 Å². The molecule has 0 unspecified atom stereocenters. The Morgan fingerprint density at radius 1 is 0.938 bits per heavy atom. The van der Waals surface area contributed by atoms with Crippen LogP contribution < -0.4 is 10.2 Å². The number of alkyl halides is 3. The third-order valence-electron chi connectivity index (χ3n) is 8.84. The summed E-state index contributed by atoms with van der Waals surface area (Å²) in [7, 11) is -3.53. The van der Waals surface area contributed by atoms with Gasteiger partial charge in [0.25, 0.3) is 5.91 Å². The van der Waals surface area contributed by atoms with Crippen LogP contribution in [0, 0.1) is 0 Å². The smallest absolute Gasteiger partial charge is 0.369 e. The van der Waals surface area contributed by atoms with Gasteiger partial charge in [-0.1, -0.05) is 41.9 Å². The third kappa shape index (κ3) is 7.70. The lowest BCUT2D eigenvalue weighted by atomic mass is 9.99. The van der Waals surface area contributed by atoms with Gasteiger partial charge in [0.05, 0.1) is 23.2 Å². The predicted octanol–water partition coefficient (Wildman–Crippen LogP) is 6.00. The van der Waals surface area contributed by atoms with Crippen LogP contribution in [0.3, 0.4) is 0 Å². The second-order valence-corrected chi connectivity index (χ2v) is 14.5. The Hall–Kier alpha value is -3.91. The summed E-state index contributed by atoms with van der Waals surface area (Å²) in [5.41, 5.74) is 2.21. The molecule has 1 saturated heterocycles. The summed E-state index contributed by atoms with van der Waals surface area (Å²) in [6.07, 6.45) is -2.37. The molecule has 0 radical (unpaired) electrons. The average molecular weight is 701 g/mol. The summed E-state index contributed by atoms with van der Waals surface area (Å²) in [6.45, 7) is 5.27. The first-order valence-electron chi connectivity index (χ1n) is 15.7. The maximum atomic E-state index is 14.1. The first-order chi connectivity index (χ1) is 22.9. The van der Waals surface area contributed by atoms with Gasteiger partial charge in [-0.2, -0.15) is 22.6 Å². The molecule has 1 fully saturated rings. The van der Waals surface area contributed by atoms with E-state index in [1.165, 1.54) is 28.6 Å². The predicted molar refractivity (Wildman–Crippen MR) is 181 cm³/mol. The Labute approximate surface area is 282 Å². The van der Waals surface area contributed by atoms with Gasteiger partial charge in [-0.25, -0.2) is 8.42 Å². The minimum absolute atomic E-state index is 0.0572. The van der Waals surface area contributed by atoms with Crippen molar-refractivity contribution in [3.8, 4) is 11.3 Å². The van der Waals surface area contributed by atoms with Gasteiger partial charge in [0, 0.05) is 91.9 Å². The number of hydrogen-bond acceptors (Lipinski definition) is 6. The van der Waals surface area contributed by atoms with E-state index in [1.807, 2.05) is 22.9 Å². The number of carbonyl (C=O) groups excluding carboxylic acids is 1. The van der Waals surface area contributed by atoms with E-state index in [-0.39, 0.29) is 18.7 Å². The van der Waals surface area contributed by atoms with E-state index in [0.717, 1.165) is 62.8 Å². The van der Waals surface area contributed by atoms with E-state index < -0.39 is 33.4 Å². The number of rotatable bonds is 9. The quantitative estimate of drug-likeness (QED) is 0.230. The molecule has 3 heterocycles. The summed E-state index contributed by atoms with van der Waals surface area (Å²) in [5, 5.41) is 8.00. The van der Waals surface area contributed by atoms with Gasteiger partial charge in [-0.15, -0.1) is 0 Å². The van der Waals surface area contributed by atoms with E-state index in [1.54, 1.807) is 18.2 Å². The molecule has 1 aromatic heterocycles. The lowest BCUT2D eigenvalue weighted by Gasteiger charge is -2.36. The molecule has 2 aliphatic heterocycles. The number of aromatic nitrogens is 2. The Bertz CT molecular complexity index is 1890. The number of nitrogens with one attached hydrogen (secondary N) is 1. The van der Waals surface area contributed by atoms with Gasteiger partial charge in [-0.05, 0) is 48.9 Å². The highest BCUT2D eigenvalue weighted by Gasteiger charge is 2.35. The van der Waals surface area contributed by atoms with Crippen molar-refractivity contribution in [2.24, 2.45) is 0 Å². The summed E-state index contributed by atoms with van der Waals surface area (Å²) in [4.78, 5) is 17.6. The number of fused-ring (bicyclic) bond motifs is 1. The zero-order valence-electron chi connectivity index (χ0n) is 26.4. The molecule has 0 spiro atoms. The number of benzene rings is 3. The average Bonchev–Trinajstić information content (AvgIpc) is 3.42. The molecule has 0 saturated carbocycles. The van der Waals surface area contributed by atoms with Crippen molar-refractivity contribution in [2.75, 3.05) is 55.7 Å². The topological polar surface area (TPSA) is 90.8 Å². The van der Waals surface area contributed by atoms with Crippen molar-refractivity contribution in [3.05, 3.63) is 100 Å². The van der Waals surface area contributed by atoms with Crippen molar-refractivity contribution in [3.63, 3.8) is 0 Å². The summed E-state index contributed by atoms with van der Waals surface area (Å²) < 4.78 is 70.4. The van der Waals surface area contributed by atoms with Crippen molar-refractivity contribution < 1.29 is 26.4 Å². The summed E-state index contributed by atoms with van der Waals surface area (Å²) in [6, 6.07) is 19.4. The maximum absolute atomic E-state index is 14.1. The van der Waals surface area contributed by atoms with Gasteiger partial charge in [0.15, 0.2) is 0 Å². The number of carbonyl (C=O) groups is 1. The van der Waals surface area contributed by atoms with Crippen molar-refractivity contribution in [1.82, 2.24) is 19.0 Å². The van der Waals surface area contributed by atoms with Crippen LogP contribution in [0.15, 0.2) is 72.8 Å². The van der Waals surface area contributed by atoms with Crippen LogP contribution in [0.5, 0.6) is 0 Å². The fourth-order valence-electron chi connectivity index (χ4n) is 6.34. The summed E-state index contributed by atoms with van der Waals surface area (Å²) in [5.74, 6) is -0.678. The second-order valence-electron chi connectivity index (χ2n) is 12.1. The molecule has 6 rings (SSSR count). The molecule has 0 atom stereocenters. The number of sulfonamides is 1. The van der Waals surface area contributed by atoms with Crippen LogP contribution in [-0.2, 0) is 35.7 Å². The highest BCUT2D eigenvalue weighted by Crippen LogP contribution is 2.39. The van der Waals surface area contributed by atoms with Crippen molar-refractivity contribution in [2.45, 2.75) is 32.1 Å². The standard InChI is InChI=1S/C34H36ClF3N6O3S/c1-48(46,47)43-16-13-31-28(23-43)32(25-11-12-29(34(36,37)38)30(21-25)39-33(45)24-7-3-2-4-8-24)40-44(31)15-6-14-41-17-19-42(20-18-41)27-10-5-9-26(35)22-27/h2-5,7-12,21-22H,6,13-20,23H2,1H3,(H,39,45). The number of amides is 1. The number of piperazine rings is 1. The molecule has 0 aliphatic carbocycles. The molecule has 3 aromatic carbocycles. The zero-order valence-corrected chi connectivity index (χ0v) is 28.0. The third-order valence-corrected chi connectivity index (χ3v) is 10.3. The fraction of sp³-hybridized carbons (Fsp3) is 0.353. The Balaban J connectivity index is 1.23. The van der Waals surface area contributed by atoms with Gasteiger partial charge in [0.1, 0.15) is 0 Å². The van der Waals surface area contributed by atoms with Gasteiger partial charge in [0.2, 0.25) is 10.0 Å². The van der Waals surface area contributed by atoms with Gasteiger partial charge >= 0.3 is 6.18 Å². The molecule has 1 N–H and O–H groups in total. The second kappa shape index (κ2) is 13.9. The molecule has 2 aliphatic rings. The Morgan fingerprint density at radius 3 is 2.38 bits per heavy atom. The van der Waals surface area contributed by atoms with E-state index in [9.17, 15) is 26.4 Å². The first kappa shape index (κ1) is 34.0. The lowest BCUT2D eigenvalue weighted by Crippen LogP contribution is -2.46. The van der Waals surface area contributed by atoms with E-state index in [0.29, 0.717) is 34.8 Å². The van der Waals surface area contributed by atoms with Gasteiger partial charge < -0.3 is 10.2 Å². The highest BCUT2D eigenvalue weighted by atomic mass is 35.5. The molecule has 14 heteroatoms. The first-order valence-corrected chi connectivity index (χ1v) is 17.9. The molecular formula is C34H36ClF3N6O3S. The van der Waals surface area contributed by atoms with Crippen LogP contribution in [0.4, 0.5) is 24.5 Å². The van der Waals surface area contributed by atoms with Gasteiger partial charge in [-0.3, -0.25) is 14.4 Å². The van der Waals surface area contributed by atoms with Crippen LogP contribution in [0.1, 0.15) is 33.6 Å². The zero-order chi connectivity index (χ0) is 34.1. The molecule has 0 bridgehead atoms. The Morgan fingerprint density at radius 2 is 1.69 bits per heavy atom. The summed E-state index contributed by atoms with van der Waals surface area (Å²) >= 11 is 6.18. The fourth-order valence-corrected chi connectivity index (χ4v) is 7.31. The van der Waals surface area contributed by atoms with Crippen LogP contribution in [0.2, 0.25) is 5.02 Å². The SMILES string of the molecule is CS(=O)(=O)N1CCc2c(c(-c3ccc(C(F)(F)F)c(NC(=O)c4ccccc4)c3)nn2CCCN2CCN(c3cccc(Cl)c3)CC2)C1. The van der Waals surface area contributed by atoms with Crippen LogP contribution in [0.25, 0.3) is 11.3 Å². The molecule has 1 amide bonds. The lowest BCUT2D eigenvalue weighted by molar-refractivity contribution is -0.136. The molecule has 4 aromatic rings. The normalized spacial score (nSPS) is 16.1. The minimum Gasteiger partial charge on any atom is -0.369 e. The Kier molecular flexibility index (Phi) is 9.84. The minimum atomic E-state index is -4.72. The van der Waals surface area contributed by atoms with E-state index in [4.69, 9.17) is 16.7 Å². The maximum Gasteiger partial charge on any atom is 0.418 e. The van der Waals surface area contributed by atoms with E-state index in [2.05, 4.69) is 21.2 Å². The highest BCUT2D eigenvalue weighted by molar-refractivity contribution is 7.88. The number of aryl methyl sites for hydroxylation is 1. The van der Waals surface area contributed by atoms with Crippen molar-refractivity contribution >= 4 is 38.9 Å². The molecule has 48 heavy (non-hydrogen) atoms.